The molecule has 32 heavy (non-hydrogen) atoms. The van der Waals surface area contributed by atoms with Crippen molar-refractivity contribution in [2.75, 3.05) is 18.6 Å². The maximum Gasteiger partial charge on any atom is 0.326 e. The molecule has 1 aliphatic rings. The first-order valence-corrected chi connectivity index (χ1v) is 12.1. The van der Waals surface area contributed by atoms with E-state index in [0.717, 1.165) is 11.3 Å². The van der Waals surface area contributed by atoms with Crippen molar-refractivity contribution in [2.45, 2.75) is 56.8 Å². The van der Waals surface area contributed by atoms with E-state index in [9.17, 15) is 24.3 Å². The molecule has 9 nitrogen and oxygen atoms in total. The number of likely N-dealkylation sites (tertiary alicyclic amines) is 1. The van der Waals surface area contributed by atoms with Crippen LogP contribution in [-0.4, -0.2) is 76.4 Å². The Kier molecular flexibility index (Phi) is 9.98. The highest BCUT2D eigenvalue weighted by Gasteiger charge is 2.37. The third-order valence-corrected chi connectivity index (χ3v) is 6.08. The van der Waals surface area contributed by atoms with E-state index >= 15 is 0 Å². The highest BCUT2D eigenvalue weighted by Crippen LogP contribution is 2.18. The average Bonchev–Trinajstić information content (AvgIpc) is 3.27. The molecular formula is C22H32N4O5S. The molecule has 4 unspecified atom stereocenters. The summed E-state index contributed by atoms with van der Waals surface area (Å²) in [6.45, 7) is 1.85. The molecule has 1 fully saturated rings. The smallest absolute Gasteiger partial charge is 0.326 e. The Balaban J connectivity index is 2.08. The number of nitrogens with two attached hydrogens (primary N) is 1. The van der Waals surface area contributed by atoms with Gasteiger partial charge in [-0.3, -0.25) is 14.4 Å². The number of hydrogen-bond acceptors (Lipinski definition) is 6. The van der Waals surface area contributed by atoms with Gasteiger partial charge in [0, 0.05) is 13.0 Å². The molecule has 5 N–H and O–H groups in total. The topological polar surface area (TPSA) is 142 Å². The van der Waals surface area contributed by atoms with Crippen molar-refractivity contribution in [3.8, 4) is 0 Å². The molecule has 0 radical (unpaired) electrons. The van der Waals surface area contributed by atoms with Crippen molar-refractivity contribution in [1.29, 1.82) is 0 Å². The summed E-state index contributed by atoms with van der Waals surface area (Å²) in [4.78, 5) is 51.0. The van der Waals surface area contributed by atoms with Crippen molar-refractivity contribution in [3.05, 3.63) is 35.9 Å². The fourth-order valence-corrected chi connectivity index (χ4v) is 4.12. The van der Waals surface area contributed by atoms with Crippen LogP contribution < -0.4 is 16.4 Å². The fourth-order valence-electron chi connectivity index (χ4n) is 3.63. The molecule has 1 aromatic rings. The lowest BCUT2D eigenvalue weighted by Gasteiger charge is -2.27. The quantitative estimate of drug-likeness (QED) is 0.371. The Morgan fingerprint density at radius 1 is 1.19 bits per heavy atom. The summed E-state index contributed by atoms with van der Waals surface area (Å²) >= 11 is 1.58. The van der Waals surface area contributed by atoms with Crippen molar-refractivity contribution in [2.24, 2.45) is 5.73 Å². The maximum atomic E-state index is 13.0. The first-order chi connectivity index (χ1) is 15.2. The lowest BCUT2D eigenvalue weighted by molar-refractivity contribution is -0.149. The summed E-state index contributed by atoms with van der Waals surface area (Å²) in [6, 6.07) is 5.74. The molecule has 10 heteroatoms. The zero-order valence-corrected chi connectivity index (χ0v) is 19.3. The summed E-state index contributed by atoms with van der Waals surface area (Å²) in [7, 11) is 0. The SMILES string of the molecule is CSCCC(N)C(=O)NC(Cc1ccccc1)C(=O)NC(C)C(=O)N1CCCC1C(=O)O. The predicted octanol–water partition coefficient (Wildman–Crippen LogP) is 0.375. The highest BCUT2D eigenvalue weighted by molar-refractivity contribution is 7.98. The van der Waals surface area contributed by atoms with Gasteiger partial charge in [-0.1, -0.05) is 30.3 Å². The van der Waals surface area contributed by atoms with Crippen LogP contribution in [0.2, 0.25) is 0 Å². The number of aliphatic carboxylic acids is 1. The van der Waals surface area contributed by atoms with Crippen molar-refractivity contribution >= 4 is 35.5 Å². The van der Waals surface area contributed by atoms with E-state index < -0.39 is 47.9 Å². The number of benzene rings is 1. The van der Waals surface area contributed by atoms with Crippen LogP contribution in [0.25, 0.3) is 0 Å². The highest BCUT2D eigenvalue weighted by atomic mass is 32.2. The number of hydrogen-bond donors (Lipinski definition) is 4. The van der Waals surface area contributed by atoms with Crippen LogP contribution in [0, 0.1) is 0 Å². The van der Waals surface area contributed by atoms with E-state index in [-0.39, 0.29) is 6.42 Å². The molecule has 1 heterocycles. The van der Waals surface area contributed by atoms with Crippen LogP contribution in [0.15, 0.2) is 30.3 Å². The number of amides is 3. The van der Waals surface area contributed by atoms with Crippen molar-refractivity contribution in [1.82, 2.24) is 15.5 Å². The van der Waals surface area contributed by atoms with Crippen LogP contribution in [0.4, 0.5) is 0 Å². The molecule has 1 aliphatic heterocycles. The standard InChI is InChI=1S/C22H32N4O5S/c1-14(21(29)26-11-6-9-18(26)22(30)31)24-20(28)17(13-15-7-4-3-5-8-15)25-19(27)16(23)10-12-32-2/h3-5,7-8,14,16-18H,6,9-13,23H2,1-2H3,(H,24,28)(H,25,27)(H,30,31). The third kappa shape index (κ3) is 7.23. The second-order valence-corrected chi connectivity index (χ2v) is 8.88. The maximum absolute atomic E-state index is 13.0. The lowest BCUT2D eigenvalue weighted by Crippen LogP contribution is -2.57. The number of thioether (sulfide) groups is 1. The van der Waals surface area contributed by atoms with Gasteiger partial charge in [0.15, 0.2) is 0 Å². The predicted molar refractivity (Wildman–Crippen MR) is 123 cm³/mol. The second kappa shape index (κ2) is 12.4. The molecule has 0 aliphatic carbocycles. The van der Waals surface area contributed by atoms with Gasteiger partial charge in [-0.25, -0.2) is 4.79 Å². The summed E-state index contributed by atoms with van der Waals surface area (Å²) < 4.78 is 0. The molecule has 3 amide bonds. The molecule has 176 valence electrons. The first-order valence-electron chi connectivity index (χ1n) is 10.7. The Morgan fingerprint density at radius 2 is 1.88 bits per heavy atom. The molecule has 0 bridgehead atoms. The number of carboxylic acid groups (broad SMARTS) is 1. The van der Waals surface area contributed by atoms with Gasteiger partial charge in [-0.05, 0) is 43.8 Å². The number of rotatable bonds is 11. The van der Waals surface area contributed by atoms with Crippen molar-refractivity contribution < 1.29 is 24.3 Å². The fraction of sp³-hybridized carbons (Fsp3) is 0.545. The van der Waals surface area contributed by atoms with E-state index in [4.69, 9.17) is 5.73 Å². The average molecular weight is 465 g/mol. The number of nitrogens with zero attached hydrogens (tertiary/aromatic N) is 1. The van der Waals surface area contributed by atoms with Crippen molar-refractivity contribution in [3.63, 3.8) is 0 Å². The lowest BCUT2D eigenvalue weighted by atomic mass is 10.0. The van der Waals surface area contributed by atoms with Crippen LogP contribution in [0.1, 0.15) is 31.7 Å². The van der Waals surface area contributed by atoms with E-state index in [0.29, 0.717) is 25.8 Å². The summed E-state index contributed by atoms with van der Waals surface area (Å²) in [5.74, 6) is -1.74. The van der Waals surface area contributed by atoms with Gasteiger partial charge in [-0.2, -0.15) is 11.8 Å². The van der Waals surface area contributed by atoms with Crippen LogP contribution in [0.3, 0.4) is 0 Å². The molecule has 1 saturated heterocycles. The van der Waals surface area contributed by atoms with Gasteiger partial charge < -0.3 is 26.4 Å². The summed E-state index contributed by atoms with van der Waals surface area (Å²) in [5, 5.41) is 14.7. The van der Waals surface area contributed by atoms with Gasteiger partial charge in [0.2, 0.25) is 17.7 Å². The number of carboxylic acids is 1. The Morgan fingerprint density at radius 3 is 2.50 bits per heavy atom. The largest absolute Gasteiger partial charge is 0.480 e. The van der Waals surface area contributed by atoms with E-state index in [1.165, 1.54) is 11.8 Å². The number of nitrogens with one attached hydrogen (secondary N) is 2. The molecule has 4 atom stereocenters. The Hall–Kier alpha value is -2.59. The summed E-state index contributed by atoms with van der Waals surface area (Å²) in [6.07, 6.45) is 3.62. The third-order valence-electron chi connectivity index (χ3n) is 5.44. The zero-order valence-electron chi connectivity index (χ0n) is 18.5. The van der Waals surface area contributed by atoms with Gasteiger partial charge in [0.1, 0.15) is 18.1 Å². The normalized spacial score (nSPS) is 18.5. The van der Waals surface area contributed by atoms with Gasteiger partial charge >= 0.3 is 5.97 Å². The van der Waals surface area contributed by atoms with Gasteiger partial charge in [0.25, 0.3) is 0 Å². The minimum Gasteiger partial charge on any atom is -0.480 e. The Labute approximate surface area is 192 Å². The molecule has 0 spiro atoms. The van der Waals surface area contributed by atoms with E-state index in [1.54, 1.807) is 11.8 Å². The molecule has 0 saturated carbocycles. The van der Waals surface area contributed by atoms with Crippen LogP contribution in [0.5, 0.6) is 0 Å². The minimum absolute atomic E-state index is 0.232. The molecule has 0 aromatic heterocycles. The van der Waals surface area contributed by atoms with Gasteiger partial charge in [-0.15, -0.1) is 0 Å². The van der Waals surface area contributed by atoms with Crippen LogP contribution in [-0.2, 0) is 25.6 Å². The number of carbonyl (C=O) groups excluding carboxylic acids is 3. The first kappa shape index (κ1) is 25.7. The Bertz CT molecular complexity index is 807. The monoisotopic (exact) mass is 464 g/mol. The zero-order chi connectivity index (χ0) is 23.7. The van der Waals surface area contributed by atoms with Gasteiger partial charge in [0.05, 0.1) is 6.04 Å². The molecule has 2 rings (SSSR count). The van der Waals surface area contributed by atoms with E-state index in [2.05, 4.69) is 10.6 Å². The molecule has 1 aromatic carbocycles. The van der Waals surface area contributed by atoms with Crippen LogP contribution >= 0.6 is 11.8 Å². The summed E-state index contributed by atoms with van der Waals surface area (Å²) in [5.41, 5.74) is 6.79. The number of carbonyl (C=O) groups is 4. The van der Waals surface area contributed by atoms with E-state index in [1.807, 2.05) is 36.6 Å². The second-order valence-electron chi connectivity index (χ2n) is 7.90. The molecular weight excluding hydrogens is 432 g/mol. The minimum atomic E-state index is -1.05.